The first-order valence-electron chi connectivity index (χ1n) is 8.43. The van der Waals surface area contributed by atoms with Crippen molar-refractivity contribution in [1.82, 2.24) is 0 Å². The highest BCUT2D eigenvalue weighted by molar-refractivity contribution is 6.08. The Morgan fingerprint density at radius 1 is 1.26 bits per heavy atom. The van der Waals surface area contributed by atoms with Gasteiger partial charge in [-0.2, -0.15) is 0 Å². The predicted molar refractivity (Wildman–Crippen MR) is 95.2 cm³/mol. The van der Waals surface area contributed by atoms with Crippen molar-refractivity contribution in [2.45, 2.75) is 25.7 Å². The number of methoxy groups -OCH3 is 1. The van der Waals surface area contributed by atoms with E-state index in [-0.39, 0.29) is 24.3 Å². The first kappa shape index (κ1) is 18.6. The number of phenols is 2. The van der Waals surface area contributed by atoms with Crippen LogP contribution in [0.25, 0.3) is 0 Å². The summed E-state index contributed by atoms with van der Waals surface area (Å²) in [6, 6.07) is 7.78. The molecule has 0 saturated heterocycles. The Hall–Kier alpha value is -3.22. The second-order valence-electron chi connectivity index (χ2n) is 6.35. The highest BCUT2D eigenvalue weighted by atomic mass is 16.6. The van der Waals surface area contributed by atoms with E-state index in [1.165, 1.54) is 13.2 Å². The molecule has 142 valence electrons. The number of fused-ring (bicyclic) bond motifs is 1. The number of esters is 2. The fraction of sp³-hybridized carbons (Fsp3) is 0.300. The number of hydrogen-bond acceptors (Lipinski definition) is 7. The Balaban J connectivity index is 2.24. The smallest absolute Gasteiger partial charge is 0.333 e. The van der Waals surface area contributed by atoms with Crippen molar-refractivity contribution in [3.63, 3.8) is 0 Å². The first-order chi connectivity index (χ1) is 12.8. The number of aromatic hydroxyl groups is 2. The lowest BCUT2D eigenvalue weighted by molar-refractivity contribution is -0.161. The molecule has 0 saturated carbocycles. The molecule has 7 heteroatoms. The lowest BCUT2D eigenvalue weighted by Crippen LogP contribution is -2.51. The van der Waals surface area contributed by atoms with Gasteiger partial charge in [0.2, 0.25) is 5.75 Å². The Morgan fingerprint density at radius 3 is 2.67 bits per heavy atom. The Morgan fingerprint density at radius 2 is 2.00 bits per heavy atom. The Bertz CT molecular complexity index is 919. The van der Waals surface area contributed by atoms with Gasteiger partial charge in [0.25, 0.3) is 0 Å². The van der Waals surface area contributed by atoms with Crippen molar-refractivity contribution in [1.29, 1.82) is 0 Å². The van der Waals surface area contributed by atoms with Crippen LogP contribution in [-0.2, 0) is 26.2 Å². The highest BCUT2D eigenvalue weighted by Crippen LogP contribution is 2.45. The van der Waals surface area contributed by atoms with Crippen molar-refractivity contribution in [2.75, 3.05) is 13.7 Å². The average molecular weight is 372 g/mol. The van der Waals surface area contributed by atoms with Crippen LogP contribution < -0.4 is 9.47 Å². The van der Waals surface area contributed by atoms with Crippen molar-refractivity contribution >= 4 is 11.9 Å². The summed E-state index contributed by atoms with van der Waals surface area (Å²) in [6.07, 6.45) is -0.00491. The van der Waals surface area contributed by atoms with Gasteiger partial charge >= 0.3 is 11.9 Å². The predicted octanol–water partition coefficient (Wildman–Crippen LogP) is 2.38. The van der Waals surface area contributed by atoms with Gasteiger partial charge in [-0.05, 0) is 43.2 Å². The van der Waals surface area contributed by atoms with Gasteiger partial charge in [0.1, 0.15) is 5.75 Å². The van der Waals surface area contributed by atoms with Gasteiger partial charge in [0, 0.05) is 6.42 Å². The molecule has 7 nitrogen and oxygen atoms in total. The minimum atomic E-state index is -1.82. The van der Waals surface area contributed by atoms with Gasteiger partial charge < -0.3 is 24.4 Å². The molecule has 0 amide bonds. The van der Waals surface area contributed by atoms with Crippen LogP contribution in [-0.4, -0.2) is 35.9 Å². The molecule has 1 atom stereocenters. The fourth-order valence-corrected chi connectivity index (χ4v) is 3.23. The lowest BCUT2D eigenvalue weighted by Gasteiger charge is -2.34. The molecule has 1 unspecified atom stereocenters. The highest BCUT2D eigenvalue weighted by Gasteiger charge is 2.54. The minimum Gasteiger partial charge on any atom is -0.504 e. The standard InChI is InChI=1S/C20H20O7/c1-4-26-18(23)20(13-8-14(21)17(22)16(9-13)25-3)10-12-7-11(2)5-6-15(12)27-19(20)24/h5-9,21-22H,4,10H2,1-3H3. The molecule has 1 heterocycles. The van der Waals surface area contributed by atoms with Gasteiger partial charge in [0.05, 0.1) is 13.7 Å². The van der Waals surface area contributed by atoms with E-state index >= 15 is 0 Å². The number of phenolic OH excluding ortho intramolecular Hbond substituents is 2. The summed E-state index contributed by atoms with van der Waals surface area (Å²) in [7, 11) is 1.30. The van der Waals surface area contributed by atoms with E-state index in [1.54, 1.807) is 19.1 Å². The summed E-state index contributed by atoms with van der Waals surface area (Å²) in [5, 5.41) is 20.0. The maximum absolute atomic E-state index is 13.0. The monoisotopic (exact) mass is 372 g/mol. The molecule has 0 fully saturated rings. The van der Waals surface area contributed by atoms with Gasteiger partial charge in [-0.1, -0.05) is 17.7 Å². The van der Waals surface area contributed by atoms with Crippen LogP contribution in [0.15, 0.2) is 30.3 Å². The van der Waals surface area contributed by atoms with Crippen molar-refractivity contribution < 1.29 is 34.0 Å². The van der Waals surface area contributed by atoms with Gasteiger partial charge in [-0.15, -0.1) is 0 Å². The quantitative estimate of drug-likeness (QED) is 0.368. The number of carbonyl (C=O) groups excluding carboxylic acids is 2. The number of rotatable bonds is 4. The normalized spacial score (nSPS) is 18.4. The average Bonchev–Trinajstić information content (AvgIpc) is 2.63. The van der Waals surface area contributed by atoms with Crippen LogP contribution in [0.5, 0.6) is 23.0 Å². The van der Waals surface area contributed by atoms with Crippen LogP contribution in [0.2, 0.25) is 0 Å². The lowest BCUT2D eigenvalue weighted by atomic mass is 9.73. The molecule has 2 aromatic rings. The van der Waals surface area contributed by atoms with E-state index in [2.05, 4.69) is 0 Å². The largest absolute Gasteiger partial charge is 0.504 e. The second kappa shape index (κ2) is 6.83. The third-order valence-electron chi connectivity index (χ3n) is 4.61. The molecule has 2 aromatic carbocycles. The summed E-state index contributed by atoms with van der Waals surface area (Å²) in [5.74, 6) is -2.31. The van der Waals surface area contributed by atoms with Gasteiger partial charge in [-0.25, -0.2) is 0 Å². The molecule has 27 heavy (non-hydrogen) atoms. The molecule has 0 aromatic heterocycles. The molecule has 3 rings (SSSR count). The zero-order valence-corrected chi connectivity index (χ0v) is 15.2. The number of aryl methyl sites for hydroxylation is 1. The fourth-order valence-electron chi connectivity index (χ4n) is 3.23. The van der Waals surface area contributed by atoms with E-state index in [4.69, 9.17) is 14.2 Å². The van der Waals surface area contributed by atoms with E-state index < -0.39 is 28.9 Å². The zero-order chi connectivity index (χ0) is 19.8. The topological polar surface area (TPSA) is 102 Å². The maximum Gasteiger partial charge on any atom is 0.333 e. The molecular formula is C20H20O7. The van der Waals surface area contributed by atoms with Gasteiger partial charge in [0.15, 0.2) is 16.9 Å². The molecule has 0 aliphatic carbocycles. The zero-order valence-electron chi connectivity index (χ0n) is 15.2. The molecule has 2 N–H and O–H groups in total. The van der Waals surface area contributed by atoms with E-state index in [9.17, 15) is 19.8 Å². The molecule has 0 spiro atoms. The van der Waals surface area contributed by atoms with Crippen LogP contribution in [0.3, 0.4) is 0 Å². The van der Waals surface area contributed by atoms with Crippen LogP contribution in [0, 0.1) is 6.92 Å². The van der Waals surface area contributed by atoms with Crippen molar-refractivity contribution in [3.8, 4) is 23.0 Å². The summed E-state index contributed by atoms with van der Waals surface area (Å²) in [4.78, 5) is 25.9. The number of hydrogen-bond donors (Lipinski definition) is 2. The molecule has 1 aliphatic heterocycles. The summed E-state index contributed by atoms with van der Waals surface area (Å²) >= 11 is 0. The minimum absolute atomic E-state index is 0.00491. The Labute approximate surface area is 156 Å². The molecule has 0 bridgehead atoms. The summed E-state index contributed by atoms with van der Waals surface area (Å²) < 4.78 is 15.7. The third-order valence-corrected chi connectivity index (χ3v) is 4.61. The summed E-state index contributed by atoms with van der Waals surface area (Å²) in [5.41, 5.74) is -0.107. The SMILES string of the molecule is CCOC(=O)C1(c2cc(O)c(O)c(OC)c2)Cc2cc(C)ccc2OC1=O. The number of carbonyl (C=O) groups is 2. The van der Waals surface area contributed by atoms with Gasteiger partial charge in [-0.3, -0.25) is 9.59 Å². The van der Waals surface area contributed by atoms with E-state index in [0.717, 1.165) is 11.6 Å². The maximum atomic E-state index is 13.0. The van der Waals surface area contributed by atoms with Crippen LogP contribution in [0.1, 0.15) is 23.6 Å². The number of benzene rings is 2. The second-order valence-corrected chi connectivity index (χ2v) is 6.35. The van der Waals surface area contributed by atoms with E-state index in [0.29, 0.717) is 11.3 Å². The Kier molecular flexibility index (Phi) is 4.70. The van der Waals surface area contributed by atoms with Crippen molar-refractivity contribution in [3.05, 3.63) is 47.0 Å². The molecule has 0 radical (unpaired) electrons. The molecular weight excluding hydrogens is 352 g/mol. The van der Waals surface area contributed by atoms with E-state index in [1.807, 2.05) is 13.0 Å². The molecule has 1 aliphatic rings. The van der Waals surface area contributed by atoms with Crippen molar-refractivity contribution in [2.24, 2.45) is 0 Å². The van der Waals surface area contributed by atoms with Crippen LogP contribution >= 0.6 is 0 Å². The first-order valence-corrected chi connectivity index (χ1v) is 8.43. The third kappa shape index (κ3) is 2.95. The summed E-state index contributed by atoms with van der Waals surface area (Å²) in [6.45, 7) is 3.58. The van der Waals surface area contributed by atoms with Crippen LogP contribution in [0.4, 0.5) is 0 Å². The number of ether oxygens (including phenoxy) is 3.